The second-order valence-electron chi connectivity index (χ2n) is 21.7. The predicted molar refractivity (Wildman–Crippen MR) is 316 cm³/mol. The standard InChI is InChI=1S/C67H122O6/c1-4-7-10-13-16-19-22-25-28-31-33-36-39-42-45-48-51-54-57-60-66(69)72-63-64(62-71-65(68)59-56-53-50-47-44-41-38-35-30-27-24-21-18-15-12-9-6-3)73-67(70)61-58-55-52-49-46-43-40-37-34-32-29-26-23-20-17-14-11-8-5-2/h16-17,19-20,22-23,25-26,64H,4-15,18,21,24,27-63H2,1-3H3/b19-16-,20-17-,25-22-,26-23-. The number of rotatable bonds is 59. The fourth-order valence-electron chi connectivity index (χ4n) is 9.49. The Kier molecular flexibility index (Phi) is 59.7. The number of unbranched alkanes of at least 4 members (excludes halogenated alkanes) is 42. The molecule has 0 spiro atoms. The number of carbonyl (C=O) groups excluding carboxylic acids is 3. The molecule has 0 aliphatic rings. The van der Waals surface area contributed by atoms with Crippen molar-refractivity contribution in [1.29, 1.82) is 0 Å². The summed E-state index contributed by atoms with van der Waals surface area (Å²) < 4.78 is 17.0. The Labute approximate surface area is 454 Å². The third-order valence-electron chi connectivity index (χ3n) is 14.4. The lowest BCUT2D eigenvalue weighted by Gasteiger charge is -2.18. The molecule has 0 bridgehead atoms. The van der Waals surface area contributed by atoms with E-state index < -0.39 is 6.10 Å². The molecule has 0 amide bonds. The maximum Gasteiger partial charge on any atom is 0.306 e. The van der Waals surface area contributed by atoms with Crippen LogP contribution in [0.5, 0.6) is 0 Å². The smallest absolute Gasteiger partial charge is 0.306 e. The number of hydrogen-bond donors (Lipinski definition) is 0. The molecule has 0 saturated heterocycles. The first-order valence-corrected chi connectivity index (χ1v) is 32.2. The highest BCUT2D eigenvalue weighted by atomic mass is 16.6. The number of allylic oxidation sites excluding steroid dienone is 8. The molecule has 73 heavy (non-hydrogen) atoms. The summed E-state index contributed by atoms with van der Waals surface area (Å²) in [5.41, 5.74) is 0. The molecule has 0 aromatic heterocycles. The van der Waals surface area contributed by atoms with Gasteiger partial charge in [-0.2, -0.15) is 0 Å². The largest absolute Gasteiger partial charge is 0.462 e. The van der Waals surface area contributed by atoms with Gasteiger partial charge in [-0.3, -0.25) is 14.4 Å². The summed E-state index contributed by atoms with van der Waals surface area (Å²) >= 11 is 0. The quantitative estimate of drug-likeness (QED) is 0.0261. The molecule has 0 heterocycles. The molecule has 1 atom stereocenters. The first-order chi connectivity index (χ1) is 36.0. The van der Waals surface area contributed by atoms with Gasteiger partial charge in [0.15, 0.2) is 6.10 Å². The number of hydrogen-bond acceptors (Lipinski definition) is 6. The SMILES string of the molecule is CCCCC/C=C\C=C/CCCCCCCCCCCCC(=O)OCC(COC(=O)CCCCCCCCCCCCCCCCCCC)OC(=O)CCCCCCCCCCCC/C=C\C=C/CCCCC. The van der Waals surface area contributed by atoms with Crippen molar-refractivity contribution in [2.45, 2.75) is 348 Å². The lowest BCUT2D eigenvalue weighted by Crippen LogP contribution is -2.30. The minimum atomic E-state index is -0.775. The summed E-state index contributed by atoms with van der Waals surface area (Å²) in [5, 5.41) is 0. The molecule has 6 nitrogen and oxygen atoms in total. The van der Waals surface area contributed by atoms with Crippen molar-refractivity contribution in [3.63, 3.8) is 0 Å². The van der Waals surface area contributed by atoms with Crippen molar-refractivity contribution < 1.29 is 28.6 Å². The molecule has 0 aliphatic carbocycles. The monoisotopic (exact) mass is 1020 g/mol. The summed E-state index contributed by atoms with van der Waals surface area (Å²) in [7, 11) is 0. The van der Waals surface area contributed by atoms with Gasteiger partial charge in [0.1, 0.15) is 13.2 Å². The van der Waals surface area contributed by atoms with Crippen molar-refractivity contribution in [3.8, 4) is 0 Å². The Morgan fingerprint density at radius 1 is 0.274 bits per heavy atom. The lowest BCUT2D eigenvalue weighted by atomic mass is 10.0. The lowest BCUT2D eigenvalue weighted by molar-refractivity contribution is -0.167. The zero-order valence-electron chi connectivity index (χ0n) is 48.9. The number of carbonyl (C=O) groups is 3. The molecular formula is C67H122O6. The van der Waals surface area contributed by atoms with Crippen molar-refractivity contribution in [2.24, 2.45) is 0 Å². The van der Waals surface area contributed by atoms with E-state index in [-0.39, 0.29) is 31.1 Å². The molecule has 0 aliphatic heterocycles. The van der Waals surface area contributed by atoms with E-state index in [1.807, 2.05) is 0 Å². The van der Waals surface area contributed by atoms with Gasteiger partial charge in [0, 0.05) is 19.3 Å². The van der Waals surface area contributed by atoms with Crippen LogP contribution in [0.4, 0.5) is 0 Å². The van der Waals surface area contributed by atoms with Gasteiger partial charge in [-0.15, -0.1) is 0 Å². The van der Waals surface area contributed by atoms with E-state index in [0.717, 1.165) is 57.8 Å². The summed E-state index contributed by atoms with van der Waals surface area (Å²) in [6, 6.07) is 0. The molecule has 0 radical (unpaired) electrons. The van der Waals surface area contributed by atoms with Gasteiger partial charge < -0.3 is 14.2 Å². The van der Waals surface area contributed by atoms with Gasteiger partial charge in [0.2, 0.25) is 0 Å². The van der Waals surface area contributed by atoms with Crippen LogP contribution in [-0.2, 0) is 28.6 Å². The van der Waals surface area contributed by atoms with Crippen LogP contribution in [-0.4, -0.2) is 37.2 Å². The molecule has 0 fully saturated rings. The Hall–Kier alpha value is -2.63. The van der Waals surface area contributed by atoms with Gasteiger partial charge in [-0.25, -0.2) is 0 Å². The van der Waals surface area contributed by atoms with Gasteiger partial charge in [-0.05, 0) is 70.6 Å². The second-order valence-corrected chi connectivity index (χ2v) is 21.7. The first kappa shape index (κ1) is 70.4. The van der Waals surface area contributed by atoms with Gasteiger partial charge in [-0.1, -0.05) is 301 Å². The summed E-state index contributed by atoms with van der Waals surface area (Å²) in [4.78, 5) is 38.3. The van der Waals surface area contributed by atoms with Crippen LogP contribution in [0.3, 0.4) is 0 Å². The van der Waals surface area contributed by atoms with Crippen LogP contribution in [0.15, 0.2) is 48.6 Å². The predicted octanol–water partition coefficient (Wildman–Crippen LogP) is 21.8. The minimum Gasteiger partial charge on any atom is -0.462 e. The highest BCUT2D eigenvalue weighted by Gasteiger charge is 2.19. The molecular weight excluding hydrogens is 901 g/mol. The highest BCUT2D eigenvalue weighted by molar-refractivity contribution is 5.71. The fourth-order valence-corrected chi connectivity index (χ4v) is 9.49. The van der Waals surface area contributed by atoms with Crippen LogP contribution in [0.25, 0.3) is 0 Å². The van der Waals surface area contributed by atoms with E-state index in [1.165, 1.54) is 244 Å². The Morgan fingerprint density at radius 2 is 0.479 bits per heavy atom. The Bertz CT molecular complexity index is 1270. The van der Waals surface area contributed by atoms with E-state index in [1.54, 1.807) is 0 Å². The van der Waals surface area contributed by atoms with E-state index in [2.05, 4.69) is 69.4 Å². The van der Waals surface area contributed by atoms with Crippen molar-refractivity contribution in [2.75, 3.05) is 13.2 Å². The van der Waals surface area contributed by atoms with Crippen molar-refractivity contribution >= 4 is 17.9 Å². The second kappa shape index (κ2) is 61.9. The maximum atomic E-state index is 12.9. The third kappa shape index (κ3) is 60.1. The van der Waals surface area contributed by atoms with E-state index in [4.69, 9.17) is 14.2 Å². The molecule has 426 valence electrons. The van der Waals surface area contributed by atoms with E-state index in [9.17, 15) is 14.4 Å². The Morgan fingerprint density at radius 3 is 0.753 bits per heavy atom. The topological polar surface area (TPSA) is 78.9 Å². The number of ether oxygens (including phenoxy) is 3. The fraction of sp³-hybridized carbons (Fsp3) is 0.836. The molecule has 0 aromatic rings. The van der Waals surface area contributed by atoms with Crippen molar-refractivity contribution in [1.82, 2.24) is 0 Å². The number of esters is 3. The van der Waals surface area contributed by atoms with Crippen LogP contribution < -0.4 is 0 Å². The van der Waals surface area contributed by atoms with Crippen LogP contribution in [0.1, 0.15) is 342 Å². The average Bonchev–Trinajstić information content (AvgIpc) is 3.39. The summed E-state index contributed by atoms with van der Waals surface area (Å²) in [6.45, 7) is 6.64. The average molecular weight is 1020 g/mol. The van der Waals surface area contributed by atoms with Gasteiger partial charge in [0.05, 0.1) is 0 Å². The highest BCUT2D eigenvalue weighted by Crippen LogP contribution is 2.17. The molecule has 0 rings (SSSR count). The van der Waals surface area contributed by atoms with Gasteiger partial charge >= 0.3 is 17.9 Å². The third-order valence-corrected chi connectivity index (χ3v) is 14.4. The molecule has 0 aromatic carbocycles. The molecule has 0 saturated carbocycles. The normalized spacial score (nSPS) is 12.3. The minimum absolute atomic E-state index is 0.0715. The zero-order chi connectivity index (χ0) is 52.9. The van der Waals surface area contributed by atoms with E-state index >= 15 is 0 Å². The molecule has 6 heteroatoms. The van der Waals surface area contributed by atoms with Crippen LogP contribution in [0.2, 0.25) is 0 Å². The van der Waals surface area contributed by atoms with Crippen molar-refractivity contribution in [3.05, 3.63) is 48.6 Å². The maximum absolute atomic E-state index is 12.9. The van der Waals surface area contributed by atoms with Crippen LogP contribution >= 0.6 is 0 Å². The van der Waals surface area contributed by atoms with Crippen LogP contribution in [0, 0.1) is 0 Å². The zero-order valence-corrected chi connectivity index (χ0v) is 48.9. The molecule has 1 unspecified atom stereocenters. The molecule has 0 N–H and O–H groups in total. The summed E-state index contributed by atoms with van der Waals surface area (Å²) in [6.07, 6.45) is 76.8. The Balaban J connectivity index is 4.35. The van der Waals surface area contributed by atoms with E-state index in [0.29, 0.717) is 19.3 Å². The van der Waals surface area contributed by atoms with Gasteiger partial charge in [0.25, 0.3) is 0 Å². The first-order valence-electron chi connectivity index (χ1n) is 32.2. The summed E-state index contributed by atoms with van der Waals surface area (Å²) in [5.74, 6) is -0.856.